The Morgan fingerprint density at radius 1 is 1.31 bits per heavy atom. The average Bonchev–Trinajstić information content (AvgIpc) is 2.23. The lowest BCUT2D eigenvalue weighted by Gasteiger charge is -2.27. The highest BCUT2D eigenvalue weighted by molar-refractivity contribution is 5.68. The van der Waals surface area contributed by atoms with Crippen molar-refractivity contribution >= 4 is 6.09 Å². The van der Waals surface area contributed by atoms with Crippen LogP contribution in [-0.4, -0.2) is 35.2 Å². The van der Waals surface area contributed by atoms with Gasteiger partial charge in [0.05, 0.1) is 0 Å². The van der Waals surface area contributed by atoms with E-state index in [0.717, 1.165) is 25.8 Å². The third-order valence-corrected chi connectivity index (χ3v) is 2.78. The number of ether oxygens (including phenoxy) is 1. The second-order valence-electron chi connectivity index (χ2n) is 5.97. The van der Waals surface area contributed by atoms with E-state index in [-0.39, 0.29) is 11.6 Å². The number of nitrogens with zero attached hydrogens (tertiary/aromatic N) is 1. The molecule has 2 N–H and O–H groups in total. The smallest absolute Gasteiger partial charge is 0.410 e. The molecule has 1 rings (SSSR count). The van der Waals surface area contributed by atoms with Crippen LogP contribution in [0.15, 0.2) is 0 Å². The van der Waals surface area contributed by atoms with Gasteiger partial charge >= 0.3 is 6.09 Å². The predicted molar refractivity (Wildman–Crippen MR) is 64.3 cm³/mol. The van der Waals surface area contributed by atoms with Crippen LogP contribution in [0.25, 0.3) is 0 Å². The zero-order valence-corrected chi connectivity index (χ0v) is 10.9. The predicted octanol–water partition coefficient (Wildman–Crippen LogP) is 2.12. The lowest BCUT2D eigenvalue weighted by Crippen LogP contribution is -2.40. The largest absolute Gasteiger partial charge is 0.444 e. The minimum absolute atomic E-state index is 0.142. The molecule has 0 aromatic heterocycles. The molecule has 1 saturated heterocycles. The summed E-state index contributed by atoms with van der Waals surface area (Å²) in [6.45, 7) is 9.15. The van der Waals surface area contributed by atoms with Crippen LogP contribution in [0.2, 0.25) is 0 Å². The highest BCUT2D eigenvalue weighted by Crippen LogP contribution is 2.20. The molecule has 0 aromatic rings. The Morgan fingerprint density at radius 2 is 1.94 bits per heavy atom. The third kappa shape index (κ3) is 4.39. The van der Waals surface area contributed by atoms with E-state index in [1.807, 2.05) is 27.7 Å². The Kier molecular flexibility index (Phi) is 3.84. The maximum Gasteiger partial charge on any atom is 0.410 e. The summed E-state index contributed by atoms with van der Waals surface area (Å²) in [5.41, 5.74) is 5.53. The zero-order chi connectivity index (χ0) is 12.4. The first kappa shape index (κ1) is 13.3. The average molecular weight is 228 g/mol. The Hall–Kier alpha value is -0.770. The normalized spacial score (nSPS) is 27.4. The van der Waals surface area contributed by atoms with Crippen LogP contribution in [0.5, 0.6) is 0 Å². The first-order valence-corrected chi connectivity index (χ1v) is 5.96. The monoisotopic (exact) mass is 228 g/mol. The van der Waals surface area contributed by atoms with Gasteiger partial charge in [-0.3, -0.25) is 0 Å². The molecule has 16 heavy (non-hydrogen) atoms. The van der Waals surface area contributed by atoms with Gasteiger partial charge in [0.2, 0.25) is 0 Å². The molecule has 1 heterocycles. The van der Waals surface area contributed by atoms with E-state index in [1.54, 1.807) is 4.90 Å². The number of hydrogen-bond donors (Lipinski definition) is 1. The van der Waals surface area contributed by atoms with Gasteiger partial charge in [-0.2, -0.15) is 0 Å². The van der Waals surface area contributed by atoms with Gasteiger partial charge in [0, 0.05) is 18.6 Å². The summed E-state index contributed by atoms with van der Waals surface area (Å²) in [4.78, 5) is 13.6. The molecule has 0 aliphatic carbocycles. The molecule has 1 aliphatic rings. The van der Waals surface area contributed by atoms with Crippen molar-refractivity contribution in [2.45, 2.75) is 58.1 Å². The van der Waals surface area contributed by atoms with Crippen LogP contribution in [0.1, 0.15) is 47.0 Å². The van der Waals surface area contributed by atoms with E-state index in [1.165, 1.54) is 0 Å². The number of rotatable bonds is 0. The van der Waals surface area contributed by atoms with Crippen molar-refractivity contribution < 1.29 is 9.53 Å². The van der Waals surface area contributed by atoms with Crippen molar-refractivity contribution in [2.75, 3.05) is 13.1 Å². The minimum atomic E-state index is -0.421. The number of hydrogen-bond acceptors (Lipinski definition) is 3. The summed E-state index contributed by atoms with van der Waals surface area (Å²) >= 11 is 0. The molecule has 1 amide bonds. The van der Waals surface area contributed by atoms with Crippen LogP contribution in [-0.2, 0) is 4.74 Å². The highest BCUT2D eigenvalue weighted by Gasteiger charge is 2.28. The van der Waals surface area contributed by atoms with Gasteiger partial charge in [-0.1, -0.05) is 0 Å². The summed E-state index contributed by atoms with van der Waals surface area (Å²) in [6, 6.07) is 0. The second kappa shape index (κ2) is 4.62. The van der Waals surface area contributed by atoms with E-state index >= 15 is 0 Å². The summed E-state index contributed by atoms with van der Waals surface area (Å²) in [5, 5.41) is 0. The van der Waals surface area contributed by atoms with Gasteiger partial charge in [0.15, 0.2) is 0 Å². The molecular weight excluding hydrogens is 204 g/mol. The Bertz CT molecular complexity index is 256. The molecule has 0 radical (unpaired) electrons. The maximum absolute atomic E-state index is 11.8. The molecule has 1 atom stereocenters. The fraction of sp³-hybridized carbons (Fsp3) is 0.917. The second-order valence-corrected chi connectivity index (χ2v) is 5.97. The Labute approximate surface area is 98.1 Å². The number of carbonyl (C=O) groups excluding carboxylic acids is 1. The lowest BCUT2D eigenvalue weighted by atomic mass is 9.95. The van der Waals surface area contributed by atoms with E-state index in [4.69, 9.17) is 10.5 Å². The third-order valence-electron chi connectivity index (χ3n) is 2.78. The van der Waals surface area contributed by atoms with Crippen molar-refractivity contribution in [3.05, 3.63) is 0 Å². The van der Waals surface area contributed by atoms with Crippen LogP contribution in [0, 0.1) is 0 Å². The maximum atomic E-state index is 11.8. The molecule has 0 bridgehead atoms. The molecule has 94 valence electrons. The SMILES string of the molecule is CC(C)(C)OC(=O)N1CCC[C@@](C)(N)CC1. The molecule has 0 unspecified atom stereocenters. The van der Waals surface area contributed by atoms with Crippen LogP contribution >= 0.6 is 0 Å². The number of likely N-dealkylation sites (tertiary alicyclic amines) is 1. The molecule has 4 nitrogen and oxygen atoms in total. The lowest BCUT2D eigenvalue weighted by molar-refractivity contribution is 0.0255. The van der Waals surface area contributed by atoms with Gasteiger partial charge in [-0.15, -0.1) is 0 Å². The molecule has 0 spiro atoms. The first-order chi connectivity index (χ1) is 7.20. The van der Waals surface area contributed by atoms with Crippen molar-refractivity contribution in [3.63, 3.8) is 0 Å². The van der Waals surface area contributed by atoms with Gasteiger partial charge in [-0.05, 0) is 47.0 Å². The van der Waals surface area contributed by atoms with Crippen molar-refractivity contribution in [1.82, 2.24) is 4.90 Å². The highest BCUT2D eigenvalue weighted by atomic mass is 16.6. The molecular formula is C12H24N2O2. The molecule has 0 saturated carbocycles. The van der Waals surface area contributed by atoms with Crippen molar-refractivity contribution in [2.24, 2.45) is 5.73 Å². The van der Waals surface area contributed by atoms with Gasteiger partial charge in [0.1, 0.15) is 5.60 Å². The summed E-state index contributed by atoms with van der Waals surface area (Å²) in [6.07, 6.45) is 2.54. The number of amides is 1. The van der Waals surface area contributed by atoms with Gasteiger partial charge < -0.3 is 15.4 Å². The van der Waals surface area contributed by atoms with Crippen molar-refractivity contribution in [1.29, 1.82) is 0 Å². The van der Waals surface area contributed by atoms with E-state index < -0.39 is 5.60 Å². The van der Waals surface area contributed by atoms with E-state index in [9.17, 15) is 4.79 Å². The first-order valence-electron chi connectivity index (χ1n) is 5.96. The standard InChI is InChI=1S/C12H24N2O2/c1-11(2,3)16-10(15)14-8-5-6-12(4,13)7-9-14/h5-9,13H2,1-4H3/t12-/m1/s1. The van der Waals surface area contributed by atoms with Crippen molar-refractivity contribution in [3.8, 4) is 0 Å². The van der Waals surface area contributed by atoms with E-state index in [0.29, 0.717) is 6.54 Å². The van der Waals surface area contributed by atoms with Crippen LogP contribution in [0.4, 0.5) is 4.79 Å². The summed E-state index contributed by atoms with van der Waals surface area (Å²) in [5.74, 6) is 0. The van der Waals surface area contributed by atoms with Crippen LogP contribution in [0.3, 0.4) is 0 Å². The zero-order valence-electron chi connectivity index (χ0n) is 10.9. The summed E-state index contributed by atoms with van der Waals surface area (Å²) < 4.78 is 5.35. The molecule has 1 fully saturated rings. The van der Waals surface area contributed by atoms with Gasteiger partial charge in [-0.25, -0.2) is 4.79 Å². The van der Waals surface area contributed by atoms with E-state index in [2.05, 4.69) is 0 Å². The topological polar surface area (TPSA) is 55.6 Å². The fourth-order valence-electron chi connectivity index (χ4n) is 1.81. The fourth-order valence-corrected chi connectivity index (χ4v) is 1.81. The quantitative estimate of drug-likeness (QED) is 0.691. The minimum Gasteiger partial charge on any atom is -0.444 e. The molecule has 4 heteroatoms. The number of nitrogens with two attached hydrogens (primary N) is 1. The molecule has 1 aliphatic heterocycles. The van der Waals surface area contributed by atoms with Crippen LogP contribution < -0.4 is 5.73 Å². The Morgan fingerprint density at radius 3 is 2.50 bits per heavy atom. The number of carbonyl (C=O) groups is 1. The molecule has 0 aromatic carbocycles. The Balaban J connectivity index is 2.52. The summed E-state index contributed by atoms with van der Waals surface area (Å²) in [7, 11) is 0. The van der Waals surface area contributed by atoms with Gasteiger partial charge in [0.25, 0.3) is 0 Å².